The van der Waals surface area contributed by atoms with Crippen molar-refractivity contribution < 1.29 is 13.2 Å². The second-order valence-electron chi connectivity index (χ2n) is 7.09. The summed E-state index contributed by atoms with van der Waals surface area (Å²) in [5.74, 6) is 0.440. The first-order valence-electron chi connectivity index (χ1n) is 8.63. The Morgan fingerprint density at radius 1 is 1.11 bits per heavy atom. The maximum Gasteiger partial charge on any atom is 0.242 e. The van der Waals surface area contributed by atoms with Crippen LogP contribution in [0.5, 0.6) is 0 Å². The van der Waals surface area contributed by atoms with Crippen molar-refractivity contribution in [2.24, 2.45) is 4.99 Å². The van der Waals surface area contributed by atoms with Gasteiger partial charge in [-0.1, -0.05) is 12.1 Å². The topological polar surface area (TPSA) is 99.7 Å². The van der Waals surface area contributed by atoms with Crippen molar-refractivity contribution in [1.29, 1.82) is 0 Å². The van der Waals surface area contributed by atoms with E-state index in [-0.39, 0.29) is 42.0 Å². The summed E-state index contributed by atoms with van der Waals surface area (Å²) in [5.41, 5.74) is 0.738. The van der Waals surface area contributed by atoms with E-state index >= 15 is 0 Å². The molecule has 0 spiro atoms. The highest BCUT2D eigenvalue weighted by molar-refractivity contribution is 14.0. The van der Waals surface area contributed by atoms with Crippen LogP contribution in [-0.4, -0.2) is 51.7 Å². The van der Waals surface area contributed by atoms with Crippen LogP contribution >= 0.6 is 24.0 Å². The first-order chi connectivity index (χ1) is 12.0. The minimum absolute atomic E-state index is 0. The minimum Gasteiger partial charge on any atom is -0.357 e. The highest BCUT2D eigenvalue weighted by Crippen LogP contribution is 2.10. The molecule has 1 aromatic carbocycles. The average molecular weight is 510 g/mol. The van der Waals surface area contributed by atoms with E-state index in [1.165, 1.54) is 6.26 Å². The second kappa shape index (κ2) is 11.5. The monoisotopic (exact) mass is 510 g/mol. The van der Waals surface area contributed by atoms with Gasteiger partial charge in [-0.15, -0.1) is 24.0 Å². The number of rotatable bonds is 7. The van der Waals surface area contributed by atoms with Crippen LogP contribution in [0.3, 0.4) is 0 Å². The normalized spacial score (nSPS) is 12.1. The van der Waals surface area contributed by atoms with Crippen molar-refractivity contribution >= 4 is 45.7 Å². The van der Waals surface area contributed by atoms with Crippen LogP contribution in [0.4, 0.5) is 0 Å². The minimum atomic E-state index is -3.17. The number of aliphatic imine (C=N–C) groups is 1. The lowest BCUT2D eigenvalue weighted by atomic mass is 10.1. The standard InChI is InChI=1S/C18H30N4O3S.HI/c1-6-19-17(21-13-16(23)22-18(2,3)4)20-12-11-14-7-9-15(10-8-14)26(5,24)25;/h7-10H,6,11-13H2,1-5H3,(H,22,23)(H2,19,20,21);1H. The van der Waals surface area contributed by atoms with E-state index < -0.39 is 9.84 Å². The third kappa shape index (κ3) is 11.2. The molecule has 0 radical (unpaired) electrons. The molecular formula is C18H31IN4O3S. The fourth-order valence-electron chi connectivity index (χ4n) is 2.18. The molecule has 1 aromatic rings. The molecule has 7 nitrogen and oxygen atoms in total. The van der Waals surface area contributed by atoms with Crippen molar-refractivity contribution in [3.8, 4) is 0 Å². The zero-order chi connectivity index (χ0) is 19.8. The summed E-state index contributed by atoms with van der Waals surface area (Å²) >= 11 is 0. The number of sulfone groups is 1. The molecule has 27 heavy (non-hydrogen) atoms. The van der Waals surface area contributed by atoms with Crippen LogP contribution in [0.15, 0.2) is 34.2 Å². The van der Waals surface area contributed by atoms with E-state index in [2.05, 4.69) is 20.9 Å². The molecule has 0 aliphatic heterocycles. The fraction of sp³-hybridized carbons (Fsp3) is 0.556. The quantitative estimate of drug-likeness (QED) is 0.295. The number of hydrogen-bond donors (Lipinski definition) is 3. The van der Waals surface area contributed by atoms with Gasteiger partial charge in [-0.2, -0.15) is 0 Å². The number of carbonyl (C=O) groups excluding carboxylic acids is 1. The predicted octanol–water partition coefficient (Wildman–Crippen LogP) is 1.72. The van der Waals surface area contributed by atoms with Gasteiger partial charge in [0.25, 0.3) is 0 Å². The summed E-state index contributed by atoms with van der Waals surface area (Å²) in [4.78, 5) is 16.4. The Labute approximate surface area is 179 Å². The van der Waals surface area contributed by atoms with Gasteiger partial charge in [-0.3, -0.25) is 4.79 Å². The number of nitrogens with one attached hydrogen (secondary N) is 3. The molecule has 0 unspecified atom stereocenters. The van der Waals surface area contributed by atoms with Crippen LogP contribution in [0, 0.1) is 0 Å². The number of halogens is 1. The molecule has 0 bridgehead atoms. The molecule has 0 heterocycles. The maximum absolute atomic E-state index is 11.9. The molecule has 0 saturated heterocycles. The van der Waals surface area contributed by atoms with E-state index in [1.54, 1.807) is 24.3 Å². The van der Waals surface area contributed by atoms with Gasteiger partial charge in [-0.25, -0.2) is 13.4 Å². The van der Waals surface area contributed by atoms with Crippen LogP contribution in [0.25, 0.3) is 0 Å². The van der Waals surface area contributed by atoms with E-state index in [4.69, 9.17) is 0 Å². The van der Waals surface area contributed by atoms with Gasteiger partial charge in [0.15, 0.2) is 15.8 Å². The van der Waals surface area contributed by atoms with Gasteiger partial charge >= 0.3 is 0 Å². The largest absolute Gasteiger partial charge is 0.357 e. The van der Waals surface area contributed by atoms with E-state index in [0.717, 1.165) is 5.56 Å². The lowest BCUT2D eigenvalue weighted by molar-refractivity contribution is -0.121. The van der Waals surface area contributed by atoms with Gasteiger partial charge in [0, 0.05) is 24.9 Å². The summed E-state index contributed by atoms with van der Waals surface area (Å²) in [6.45, 7) is 9.08. The van der Waals surface area contributed by atoms with Crippen molar-refractivity contribution in [3.05, 3.63) is 29.8 Å². The summed E-state index contributed by atoms with van der Waals surface area (Å²) in [5, 5.41) is 9.13. The molecule has 0 aliphatic rings. The number of guanidine groups is 1. The van der Waals surface area contributed by atoms with Crippen LogP contribution < -0.4 is 16.0 Å². The molecule has 1 rings (SSSR count). The number of amides is 1. The third-order valence-corrected chi connectivity index (χ3v) is 4.43. The summed E-state index contributed by atoms with van der Waals surface area (Å²) < 4.78 is 22.9. The lowest BCUT2D eigenvalue weighted by Gasteiger charge is -2.20. The zero-order valence-corrected chi connectivity index (χ0v) is 19.8. The molecule has 0 aromatic heterocycles. The highest BCUT2D eigenvalue weighted by Gasteiger charge is 2.13. The van der Waals surface area contributed by atoms with Gasteiger partial charge in [-0.05, 0) is 51.8 Å². The molecule has 9 heteroatoms. The summed E-state index contributed by atoms with van der Waals surface area (Å²) in [6.07, 6.45) is 1.90. The molecule has 0 aliphatic carbocycles. The molecule has 0 atom stereocenters. The molecule has 0 fully saturated rings. The molecule has 3 N–H and O–H groups in total. The Bertz CT molecular complexity index is 726. The number of carbonyl (C=O) groups is 1. The maximum atomic E-state index is 11.9. The Morgan fingerprint density at radius 2 is 1.70 bits per heavy atom. The Hall–Kier alpha value is -1.36. The molecule has 0 saturated carbocycles. The van der Waals surface area contributed by atoms with Gasteiger partial charge in [0.2, 0.25) is 5.91 Å². The summed E-state index contributed by atoms with van der Waals surface area (Å²) in [7, 11) is -3.17. The molecule has 154 valence electrons. The smallest absolute Gasteiger partial charge is 0.242 e. The second-order valence-corrected chi connectivity index (χ2v) is 9.10. The fourth-order valence-corrected chi connectivity index (χ4v) is 2.81. The van der Waals surface area contributed by atoms with E-state index in [1.807, 2.05) is 27.7 Å². The van der Waals surface area contributed by atoms with Crippen LogP contribution in [0.1, 0.15) is 33.3 Å². The van der Waals surface area contributed by atoms with E-state index in [0.29, 0.717) is 30.4 Å². The first kappa shape index (κ1) is 25.6. The summed E-state index contributed by atoms with van der Waals surface area (Å²) in [6, 6.07) is 6.83. The number of nitrogens with zero attached hydrogens (tertiary/aromatic N) is 1. The van der Waals surface area contributed by atoms with Crippen molar-refractivity contribution in [2.75, 3.05) is 25.9 Å². The number of hydrogen-bond acceptors (Lipinski definition) is 4. The SMILES string of the molecule is CCNC(=NCC(=O)NC(C)(C)C)NCCc1ccc(S(C)(=O)=O)cc1.I. The molecular weight excluding hydrogens is 479 g/mol. The first-order valence-corrected chi connectivity index (χ1v) is 10.5. The lowest BCUT2D eigenvalue weighted by Crippen LogP contribution is -2.43. The Morgan fingerprint density at radius 3 is 2.19 bits per heavy atom. The number of benzene rings is 1. The van der Waals surface area contributed by atoms with Gasteiger partial charge in [0.05, 0.1) is 4.90 Å². The Kier molecular flexibility index (Phi) is 10.9. The van der Waals surface area contributed by atoms with Gasteiger partial charge < -0.3 is 16.0 Å². The highest BCUT2D eigenvalue weighted by atomic mass is 127. The average Bonchev–Trinajstić information content (AvgIpc) is 2.50. The van der Waals surface area contributed by atoms with Crippen molar-refractivity contribution in [3.63, 3.8) is 0 Å². The van der Waals surface area contributed by atoms with Gasteiger partial charge in [0.1, 0.15) is 6.54 Å². The molecule has 1 amide bonds. The van der Waals surface area contributed by atoms with Crippen molar-refractivity contribution in [1.82, 2.24) is 16.0 Å². The van der Waals surface area contributed by atoms with Crippen LogP contribution in [0.2, 0.25) is 0 Å². The van der Waals surface area contributed by atoms with E-state index in [9.17, 15) is 13.2 Å². The van der Waals surface area contributed by atoms with Crippen molar-refractivity contribution in [2.45, 2.75) is 44.6 Å². The third-order valence-electron chi connectivity index (χ3n) is 3.30. The Balaban J connectivity index is 0.00000676. The van der Waals surface area contributed by atoms with Crippen LogP contribution in [-0.2, 0) is 21.1 Å². The predicted molar refractivity (Wildman–Crippen MR) is 121 cm³/mol. The zero-order valence-electron chi connectivity index (χ0n) is 16.6.